The summed E-state index contributed by atoms with van der Waals surface area (Å²) < 4.78 is 2.39. The first-order valence-corrected chi connectivity index (χ1v) is 6.92. The Kier molecular flexibility index (Phi) is 4.37. The number of nitrogens with zero attached hydrogens (tertiary/aromatic N) is 3. The molecule has 21 heavy (non-hydrogen) atoms. The molecule has 0 unspecified atom stereocenters. The molecule has 0 aliphatic rings. The molecule has 0 bridgehead atoms. The van der Waals surface area contributed by atoms with Gasteiger partial charge in [0.1, 0.15) is 12.2 Å². The molecule has 1 N–H and O–H groups in total. The molecule has 0 radical (unpaired) electrons. The SMILES string of the molecule is Cc1nn(CC(=O)Nc2ccccc2[N+](=O)[O-])c(C)c1Br. The van der Waals surface area contributed by atoms with E-state index in [0.29, 0.717) is 0 Å². The fourth-order valence-electron chi connectivity index (χ4n) is 1.89. The van der Waals surface area contributed by atoms with E-state index < -0.39 is 4.92 Å². The van der Waals surface area contributed by atoms with Crippen molar-refractivity contribution in [3.8, 4) is 0 Å². The zero-order valence-electron chi connectivity index (χ0n) is 11.5. The molecule has 7 nitrogen and oxygen atoms in total. The fraction of sp³-hybridized carbons (Fsp3) is 0.231. The zero-order chi connectivity index (χ0) is 15.6. The number of para-hydroxylation sites is 2. The molecule has 1 amide bonds. The Balaban J connectivity index is 2.16. The number of aryl methyl sites for hydroxylation is 1. The first-order chi connectivity index (χ1) is 9.90. The number of hydrogen-bond acceptors (Lipinski definition) is 4. The maximum atomic E-state index is 12.0. The van der Waals surface area contributed by atoms with E-state index in [-0.39, 0.29) is 23.8 Å². The molecular weight excluding hydrogens is 340 g/mol. The summed E-state index contributed by atoms with van der Waals surface area (Å²) in [5, 5.41) is 17.7. The molecule has 0 atom stereocenters. The summed E-state index contributed by atoms with van der Waals surface area (Å²) in [7, 11) is 0. The average Bonchev–Trinajstić information content (AvgIpc) is 2.66. The number of nitro benzene ring substituents is 1. The third-order valence-corrected chi connectivity index (χ3v) is 4.11. The average molecular weight is 353 g/mol. The van der Waals surface area contributed by atoms with Gasteiger partial charge in [0, 0.05) is 6.07 Å². The van der Waals surface area contributed by atoms with Gasteiger partial charge in [-0.1, -0.05) is 12.1 Å². The van der Waals surface area contributed by atoms with Crippen molar-refractivity contribution in [1.29, 1.82) is 0 Å². The first kappa shape index (κ1) is 15.2. The second-order valence-electron chi connectivity index (χ2n) is 4.46. The highest BCUT2D eigenvalue weighted by atomic mass is 79.9. The van der Waals surface area contributed by atoms with Crippen molar-refractivity contribution in [2.24, 2.45) is 0 Å². The molecule has 0 saturated carbocycles. The van der Waals surface area contributed by atoms with E-state index in [4.69, 9.17) is 0 Å². The van der Waals surface area contributed by atoms with Gasteiger partial charge in [-0.05, 0) is 35.8 Å². The maximum absolute atomic E-state index is 12.0. The van der Waals surface area contributed by atoms with Crippen LogP contribution < -0.4 is 5.32 Å². The molecule has 8 heteroatoms. The Bertz CT molecular complexity index is 711. The number of rotatable bonds is 4. The monoisotopic (exact) mass is 352 g/mol. The van der Waals surface area contributed by atoms with Gasteiger partial charge < -0.3 is 5.32 Å². The van der Waals surface area contributed by atoms with Crippen LogP contribution in [0.3, 0.4) is 0 Å². The van der Waals surface area contributed by atoms with Gasteiger partial charge in [-0.15, -0.1) is 0 Å². The van der Waals surface area contributed by atoms with Crippen LogP contribution in [0.4, 0.5) is 11.4 Å². The summed E-state index contributed by atoms with van der Waals surface area (Å²) >= 11 is 3.38. The van der Waals surface area contributed by atoms with Gasteiger partial charge in [0.05, 0.1) is 20.8 Å². The number of carbonyl (C=O) groups is 1. The maximum Gasteiger partial charge on any atom is 0.292 e. The van der Waals surface area contributed by atoms with Crippen molar-refractivity contribution in [3.05, 3.63) is 50.2 Å². The molecule has 0 aliphatic carbocycles. The van der Waals surface area contributed by atoms with Crippen molar-refractivity contribution in [1.82, 2.24) is 9.78 Å². The molecule has 0 saturated heterocycles. The quantitative estimate of drug-likeness (QED) is 0.676. The van der Waals surface area contributed by atoms with Gasteiger partial charge in [-0.3, -0.25) is 19.6 Å². The van der Waals surface area contributed by atoms with Crippen LogP contribution in [0.2, 0.25) is 0 Å². The lowest BCUT2D eigenvalue weighted by Crippen LogP contribution is -2.20. The lowest BCUT2D eigenvalue weighted by Gasteiger charge is -2.07. The van der Waals surface area contributed by atoms with E-state index in [1.54, 1.807) is 16.8 Å². The molecule has 2 aromatic rings. The van der Waals surface area contributed by atoms with Crippen molar-refractivity contribution >= 4 is 33.2 Å². The molecule has 1 aromatic carbocycles. The Hall–Kier alpha value is -2.22. The van der Waals surface area contributed by atoms with Crippen LogP contribution >= 0.6 is 15.9 Å². The highest BCUT2D eigenvalue weighted by molar-refractivity contribution is 9.10. The van der Waals surface area contributed by atoms with Crippen LogP contribution in [0.1, 0.15) is 11.4 Å². The minimum atomic E-state index is -0.532. The zero-order valence-corrected chi connectivity index (χ0v) is 13.0. The molecule has 110 valence electrons. The van der Waals surface area contributed by atoms with E-state index in [1.165, 1.54) is 12.1 Å². The summed E-state index contributed by atoms with van der Waals surface area (Å²) in [5.41, 5.74) is 1.64. The van der Waals surface area contributed by atoms with Crippen molar-refractivity contribution in [3.63, 3.8) is 0 Å². The van der Waals surface area contributed by atoms with E-state index in [2.05, 4.69) is 26.3 Å². The summed E-state index contributed by atoms with van der Waals surface area (Å²) in [4.78, 5) is 22.4. The predicted molar refractivity (Wildman–Crippen MR) is 81.1 cm³/mol. The highest BCUT2D eigenvalue weighted by Gasteiger charge is 2.16. The molecule has 0 fully saturated rings. The molecule has 1 aromatic heterocycles. The van der Waals surface area contributed by atoms with Gasteiger partial charge in [0.2, 0.25) is 5.91 Å². The number of amides is 1. The van der Waals surface area contributed by atoms with Gasteiger partial charge in [0.15, 0.2) is 0 Å². The molecule has 1 heterocycles. The molecule has 2 rings (SSSR count). The number of nitro groups is 1. The summed E-state index contributed by atoms with van der Waals surface area (Å²) in [5.74, 6) is -0.373. The highest BCUT2D eigenvalue weighted by Crippen LogP contribution is 2.23. The lowest BCUT2D eigenvalue weighted by molar-refractivity contribution is -0.383. The largest absolute Gasteiger partial charge is 0.319 e. The number of carbonyl (C=O) groups excluding carboxylic acids is 1. The third kappa shape index (κ3) is 3.27. The fourth-order valence-corrected chi connectivity index (χ4v) is 2.18. The minimum absolute atomic E-state index is 0.00960. The Morgan fingerprint density at radius 2 is 2.10 bits per heavy atom. The number of aromatic nitrogens is 2. The normalized spacial score (nSPS) is 10.4. The van der Waals surface area contributed by atoms with Crippen molar-refractivity contribution in [2.75, 3.05) is 5.32 Å². The van der Waals surface area contributed by atoms with Gasteiger partial charge in [0.25, 0.3) is 5.69 Å². The third-order valence-electron chi connectivity index (χ3n) is 2.96. The van der Waals surface area contributed by atoms with Crippen LogP contribution in [0.25, 0.3) is 0 Å². The van der Waals surface area contributed by atoms with Crippen LogP contribution in [-0.2, 0) is 11.3 Å². The van der Waals surface area contributed by atoms with Gasteiger partial charge >= 0.3 is 0 Å². The minimum Gasteiger partial charge on any atom is -0.319 e. The standard InChI is InChI=1S/C13H13BrN4O3/c1-8-13(14)9(2)17(16-8)7-12(19)15-10-5-3-4-6-11(10)18(20)21/h3-6H,7H2,1-2H3,(H,15,19). The van der Waals surface area contributed by atoms with Crippen LogP contribution in [-0.4, -0.2) is 20.6 Å². The predicted octanol–water partition coefficient (Wildman–Crippen LogP) is 2.81. The van der Waals surface area contributed by atoms with Gasteiger partial charge in [-0.25, -0.2) is 0 Å². The number of anilines is 1. The van der Waals surface area contributed by atoms with Crippen LogP contribution in [0.5, 0.6) is 0 Å². The van der Waals surface area contributed by atoms with Crippen LogP contribution in [0, 0.1) is 24.0 Å². The van der Waals surface area contributed by atoms with E-state index in [1.807, 2.05) is 13.8 Å². The first-order valence-electron chi connectivity index (χ1n) is 6.13. The van der Waals surface area contributed by atoms with E-state index in [0.717, 1.165) is 15.9 Å². The second kappa shape index (κ2) is 6.04. The topological polar surface area (TPSA) is 90.1 Å². The summed E-state index contributed by atoms with van der Waals surface area (Å²) in [6, 6.07) is 6.01. The summed E-state index contributed by atoms with van der Waals surface area (Å²) in [6.45, 7) is 3.65. The van der Waals surface area contributed by atoms with Crippen molar-refractivity contribution < 1.29 is 9.72 Å². The number of benzene rings is 1. The lowest BCUT2D eigenvalue weighted by atomic mass is 10.2. The summed E-state index contributed by atoms with van der Waals surface area (Å²) in [6.07, 6.45) is 0. The number of nitrogens with one attached hydrogen (secondary N) is 1. The van der Waals surface area contributed by atoms with Crippen LogP contribution in [0.15, 0.2) is 28.7 Å². The molecule has 0 spiro atoms. The number of hydrogen-bond donors (Lipinski definition) is 1. The Morgan fingerprint density at radius 3 is 2.67 bits per heavy atom. The second-order valence-corrected chi connectivity index (χ2v) is 5.26. The Morgan fingerprint density at radius 1 is 1.43 bits per heavy atom. The van der Waals surface area contributed by atoms with E-state index in [9.17, 15) is 14.9 Å². The van der Waals surface area contributed by atoms with Gasteiger partial charge in [-0.2, -0.15) is 5.10 Å². The molecular formula is C13H13BrN4O3. The number of halogens is 1. The Labute approximate surface area is 129 Å². The smallest absolute Gasteiger partial charge is 0.292 e. The van der Waals surface area contributed by atoms with Crippen molar-refractivity contribution in [2.45, 2.75) is 20.4 Å². The van der Waals surface area contributed by atoms with E-state index >= 15 is 0 Å². The molecule has 0 aliphatic heterocycles.